The number of hydrogen-bond acceptors (Lipinski definition) is 0. The van der Waals surface area contributed by atoms with Gasteiger partial charge < -0.3 is 0 Å². The van der Waals surface area contributed by atoms with Crippen LogP contribution in [0.3, 0.4) is 0 Å². The van der Waals surface area contributed by atoms with Crippen molar-refractivity contribution in [3.05, 3.63) is 77.9 Å². The molecule has 0 N–H and O–H groups in total. The number of rotatable bonds is 4. The van der Waals surface area contributed by atoms with Crippen molar-refractivity contribution in [2.45, 2.75) is 57.2 Å². The standard InChI is InChI=1S/C23H30Si/c1-19(24(2,3)23-12-8-5-9-13-23)18-20-14-16-22(17-15-20)21-10-6-4-7-11-21/h4-13,18-19,22H,14-17H2,1-3H3/t19-,22?/m1/s1. The van der Waals surface area contributed by atoms with E-state index in [1.807, 2.05) is 0 Å². The maximum Gasteiger partial charge on any atom is 0.0871 e. The first-order chi connectivity index (χ1) is 11.6. The topological polar surface area (TPSA) is 0 Å². The van der Waals surface area contributed by atoms with Crippen LogP contribution in [-0.2, 0) is 0 Å². The highest BCUT2D eigenvalue weighted by atomic mass is 28.3. The smallest absolute Gasteiger partial charge is 0.0848 e. The molecule has 24 heavy (non-hydrogen) atoms. The van der Waals surface area contributed by atoms with Crippen molar-refractivity contribution in [3.63, 3.8) is 0 Å². The zero-order chi connectivity index (χ0) is 17.0. The third-order valence-corrected chi connectivity index (χ3v) is 10.3. The predicted octanol–water partition coefficient (Wildman–Crippen LogP) is 6.28. The van der Waals surface area contributed by atoms with Gasteiger partial charge in [0.05, 0.1) is 8.07 Å². The van der Waals surface area contributed by atoms with Gasteiger partial charge in [0.25, 0.3) is 0 Å². The lowest BCUT2D eigenvalue weighted by Gasteiger charge is -2.31. The molecule has 2 aromatic rings. The molecule has 2 aromatic carbocycles. The van der Waals surface area contributed by atoms with Crippen LogP contribution in [-0.4, -0.2) is 8.07 Å². The van der Waals surface area contributed by atoms with Crippen molar-refractivity contribution in [1.29, 1.82) is 0 Å². The summed E-state index contributed by atoms with van der Waals surface area (Å²) in [7, 11) is -1.42. The van der Waals surface area contributed by atoms with E-state index in [2.05, 4.69) is 86.8 Å². The van der Waals surface area contributed by atoms with Crippen molar-refractivity contribution in [2.75, 3.05) is 0 Å². The van der Waals surface area contributed by atoms with Gasteiger partial charge in [-0.2, -0.15) is 0 Å². The molecule has 126 valence electrons. The van der Waals surface area contributed by atoms with Gasteiger partial charge >= 0.3 is 0 Å². The van der Waals surface area contributed by atoms with Gasteiger partial charge in [0.15, 0.2) is 0 Å². The van der Waals surface area contributed by atoms with E-state index >= 15 is 0 Å². The van der Waals surface area contributed by atoms with Gasteiger partial charge in [0.2, 0.25) is 0 Å². The Morgan fingerprint density at radius 2 is 1.42 bits per heavy atom. The maximum absolute atomic E-state index is 2.63. The quantitative estimate of drug-likeness (QED) is 0.456. The maximum atomic E-state index is 2.63. The van der Waals surface area contributed by atoms with Crippen LogP contribution in [0.15, 0.2) is 72.3 Å². The Labute approximate surface area is 148 Å². The highest BCUT2D eigenvalue weighted by Gasteiger charge is 2.29. The fraction of sp³-hybridized carbons (Fsp3) is 0.391. The molecule has 1 atom stereocenters. The second-order valence-corrected chi connectivity index (χ2v) is 12.8. The molecular weight excluding hydrogens is 304 g/mol. The van der Waals surface area contributed by atoms with Crippen LogP contribution in [0.4, 0.5) is 0 Å². The minimum absolute atomic E-state index is 0.697. The molecule has 1 aliphatic carbocycles. The molecule has 0 heterocycles. The second kappa shape index (κ2) is 7.52. The highest BCUT2D eigenvalue weighted by molar-refractivity contribution is 6.91. The lowest BCUT2D eigenvalue weighted by Crippen LogP contribution is -2.44. The zero-order valence-electron chi connectivity index (χ0n) is 15.3. The van der Waals surface area contributed by atoms with E-state index in [9.17, 15) is 0 Å². The summed E-state index contributed by atoms with van der Waals surface area (Å²) in [4.78, 5) is 0. The third kappa shape index (κ3) is 3.89. The number of benzene rings is 2. The van der Waals surface area contributed by atoms with Crippen LogP contribution in [0.5, 0.6) is 0 Å². The summed E-state index contributed by atoms with van der Waals surface area (Å²) in [6, 6.07) is 22.2. The molecule has 0 unspecified atom stereocenters. The Bertz CT molecular complexity index is 660. The van der Waals surface area contributed by atoms with Gasteiger partial charge in [0.1, 0.15) is 0 Å². The molecule has 0 bridgehead atoms. The fourth-order valence-electron chi connectivity index (χ4n) is 3.91. The molecule has 0 aliphatic heterocycles. The largest absolute Gasteiger partial charge is 0.0871 e. The highest BCUT2D eigenvalue weighted by Crippen LogP contribution is 2.37. The Morgan fingerprint density at radius 3 is 2.00 bits per heavy atom. The van der Waals surface area contributed by atoms with Gasteiger partial charge in [-0.3, -0.25) is 0 Å². The van der Waals surface area contributed by atoms with Crippen molar-refractivity contribution >= 4 is 13.3 Å². The molecule has 3 rings (SSSR count). The van der Waals surface area contributed by atoms with E-state index < -0.39 is 8.07 Å². The van der Waals surface area contributed by atoms with E-state index in [0.29, 0.717) is 5.54 Å². The van der Waals surface area contributed by atoms with Crippen molar-refractivity contribution < 1.29 is 0 Å². The monoisotopic (exact) mass is 334 g/mol. The fourth-order valence-corrected chi connectivity index (χ4v) is 6.14. The molecule has 0 spiro atoms. The molecule has 0 radical (unpaired) electrons. The van der Waals surface area contributed by atoms with Crippen LogP contribution in [0.25, 0.3) is 0 Å². The zero-order valence-corrected chi connectivity index (χ0v) is 16.3. The van der Waals surface area contributed by atoms with Gasteiger partial charge in [-0.05, 0) is 42.7 Å². The minimum atomic E-state index is -1.42. The van der Waals surface area contributed by atoms with E-state index in [4.69, 9.17) is 0 Å². The van der Waals surface area contributed by atoms with Gasteiger partial charge in [-0.15, -0.1) is 0 Å². The van der Waals surface area contributed by atoms with Crippen molar-refractivity contribution in [3.8, 4) is 0 Å². The lowest BCUT2D eigenvalue weighted by molar-refractivity contribution is 0.515. The Kier molecular flexibility index (Phi) is 5.40. The Balaban J connectivity index is 1.65. The van der Waals surface area contributed by atoms with Gasteiger partial charge in [-0.1, -0.05) is 97.5 Å². The SMILES string of the molecule is C[C@H](C=C1CCC(c2ccccc2)CC1)[Si](C)(C)c1ccccc1. The van der Waals surface area contributed by atoms with Crippen LogP contribution < -0.4 is 5.19 Å². The number of hydrogen-bond donors (Lipinski definition) is 0. The summed E-state index contributed by atoms with van der Waals surface area (Å²) in [6.45, 7) is 7.47. The summed E-state index contributed by atoms with van der Waals surface area (Å²) in [5.41, 5.74) is 3.93. The first kappa shape index (κ1) is 17.2. The molecule has 1 aliphatic rings. The van der Waals surface area contributed by atoms with E-state index in [-0.39, 0.29) is 0 Å². The lowest BCUT2D eigenvalue weighted by atomic mass is 9.81. The number of allylic oxidation sites excluding steroid dienone is 2. The Hall–Kier alpha value is -1.60. The first-order valence-electron chi connectivity index (χ1n) is 9.37. The summed E-state index contributed by atoms with van der Waals surface area (Å²) in [5.74, 6) is 0.762. The average molecular weight is 335 g/mol. The molecule has 0 nitrogen and oxygen atoms in total. The predicted molar refractivity (Wildman–Crippen MR) is 109 cm³/mol. The van der Waals surface area contributed by atoms with E-state index in [0.717, 1.165) is 5.92 Å². The van der Waals surface area contributed by atoms with Gasteiger partial charge in [-0.25, -0.2) is 0 Å². The molecular formula is C23H30Si. The van der Waals surface area contributed by atoms with Crippen LogP contribution in [0.1, 0.15) is 44.1 Å². The van der Waals surface area contributed by atoms with Crippen molar-refractivity contribution in [2.24, 2.45) is 0 Å². The van der Waals surface area contributed by atoms with E-state index in [1.165, 1.54) is 31.2 Å². The summed E-state index contributed by atoms with van der Waals surface area (Å²) >= 11 is 0. The minimum Gasteiger partial charge on any atom is -0.0848 e. The van der Waals surface area contributed by atoms with Gasteiger partial charge in [0, 0.05) is 0 Å². The molecule has 0 aromatic heterocycles. The molecule has 1 saturated carbocycles. The Morgan fingerprint density at radius 1 is 0.875 bits per heavy atom. The molecule has 1 fully saturated rings. The van der Waals surface area contributed by atoms with Crippen LogP contribution >= 0.6 is 0 Å². The third-order valence-electron chi connectivity index (χ3n) is 6.04. The van der Waals surface area contributed by atoms with Crippen LogP contribution in [0.2, 0.25) is 18.6 Å². The summed E-state index contributed by atoms with van der Waals surface area (Å²) in [5, 5.41) is 1.58. The summed E-state index contributed by atoms with van der Waals surface area (Å²) in [6.07, 6.45) is 7.82. The normalized spacial score (nSPS) is 19.8. The van der Waals surface area contributed by atoms with E-state index in [1.54, 1.807) is 10.8 Å². The average Bonchev–Trinajstić information content (AvgIpc) is 2.64. The van der Waals surface area contributed by atoms with Crippen molar-refractivity contribution in [1.82, 2.24) is 0 Å². The first-order valence-corrected chi connectivity index (χ1v) is 12.4. The molecule has 0 amide bonds. The molecule has 0 saturated heterocycles. The second-order valence-electron chi connectivity index (χ2n) is 7.89. The molecule has 1 heteroatoms. The van der Waals surface area contributed by atoms with Crippen LogP contribution in [0, 0.1) is 0 Å². The summed E-state index contributed by atoms with van der Waals surface area (Å²) < 4.78 is 0.